The van der Waals surface area contributed by atoms with Crippen LogP contribution < -0.4 is 0 Å². The summed E-state index contributed by atoms with van der Waals surface area (Å²) in [5, 5.41) is 0. The molecule has 0 bridgehead atoms. The van der Waals surface area contributed by atoms with Gasteiger partial charge in [-0.3, -0.25) is 0 Å². The average Bonchev–Trinajstić information content (AvgIpc) is 2.81. The first kappa shape index (κ1) is 14.0. The Kier molecular flexibility index (Phi) is 5.24. The normalized spacial score (nSPS) is 21.9. The number of hydrogen-bond acceptors (Lipinski definition) is 0. The predicted molar refractivity (Wildman–Crippen MR) is 84.4 cm³/mol. The second-order valence-electron chi connectivity index (χ2n) is 6.44. The molecule has 0 aliphatic heterocycles. The Labute approximate surface area is 124 Å². The van der Waals surface area contributed by atoms with E-state index in [9.17, 15) is 0 Å². The van der Waals surface area contributed by atoms with Crippen LogP contribution in [0.4, 0.5) is 0 Å². The summed E-state index contributed by atoms with van der Waals surface area (Å²) in [6.45, 7) is 0. The standard InChI is InChI=1S/C18H28Se/c1-3-7-11-15-16-12-8-4-2-6-10-14-18(16)19-17(15)13-9-5-1/h1-14H2. The van der Waals surface area contributed by atoms with E-state index < -0.39 is 0 Å². The van der Waals surface area contributed by atoms with Crippen molar-refractivity contribution in [1.82, 2.24) is 0 Å². The summed E-state index contributed by atoms with van der Waals surface area (Å²) in [6, 6.07) is 0. The first-order valence-corrected chi connectivity index (χ1v) is 10.3. The van der Waals surface area contributed by atoms with Gasteiger partial charge in [-0.2, -0.15) is 0 Å². The first-order chi connectivity index (χ1) is 9.45. The molecule has 0 nitrogen and oxygen atoms in total. The molecule has 1 aromatic heterocycles. The Morgan fingerprint density at radius 1 is 0.421 bits per heavy atom. The molecule has 0 atom stereocenters. The topological polar surface area (TPSA) is 0 Å². The van der Waals surface area contributed by atoms with Crippen LogP contribution in [-0.4, -0.2) is 14.5 Å². The van der Waals surface area contributed by atoms with Gasteiger partial charge in [0, 0.05) is 0 Å². The van der Waals surface area contributed by atoms with Crippen LogP contribution in [0, 0.1) is 0 Å². The molecule has 0 fully saturated rings. The van der Waals surface area contributed by atoms with Crippen molar-refractivity contribution in [2.45, 2.75) is 89.9 Å². The van der Waals surface area contributed by atoms with Crippen LogP contribution in [-0.2, 0) is 25.7 Å². The predicted octanol–water partition coefficient (Wildman–Crippen LogP) is 4.84. The van der Waals surface area contributed by atoms with E-state index >= 15 is 0 Å². The molecule has 0 spiro atoms. The third-order valence-electron chi connectivity index (χ3n) is 4.95. The zero-order valence-electron chi connectivity index (χ0n) is 12.3. The molecule has 0 saturated heterocycles. The quantitative estimate of drug-likeness (QED) is 0.599. The molecule has 2 aliphatic rings. The molecule has 0 amide bonds. The molecule has 0 radical (unpaired) electrons. The van der Waals surface area contributed by atoms with Gasteiger partial charge in [-0.25, -0.2) is 0 Å². The van der Waals surface area contributed by atoms with Gasteiger partial charge in [0.05, 0.1) is 0 Å². The van der Waals surface area contributed by atoms with Crippen molar-refractivity contribution in [3.63, 3.8) is 0 Å². The Hall–Kier alpha value is -0.000519. The zero-order valence-corrected chi connectivity index (χ0v) is 14.0. The van der Waals surface area contributed by atoms with Gasteiger partial charge in [0.2, 0.25) is 0 Å². The number of fused-ring (bicyclic) bond motifs is 3. The van der Waals surface area contributed by atoms with Crippen molar-refractivity contribution in [1.29, 1.82) is 0 Å². The Balaban J connectivity index is 1.87. The Bertz CT molecular complexity index is 366. The molecule has 0 saturated carbocycles. The van der Waals surface area contributed by atoms with E-state index in [0.717, 1.165) is 14.5 Å². The van der Waals surface area contributed by atoms with Gasteiger partial charge in [-0.05, 0) is 0 Å². The fraction of sp³-hybridized carbons (Fsp3) is 0.778. The van der Waals surface area contributed by atoms with Crippen LogP contribution >= 0.6 is 0 Å². The van der Waals surface area contributed by atoms with Crippen molar-refractivity contribution in [3.8, 4) is 0 Å². The van der Waals surface area contributed by atoms with Crippen LogP contribution in [0.2, 0.25) is 0 Å². The molecule has 1 heterocycles. The number of hydrogen-bond donors (Lipinski definition) is 0. The van der Waals surface area contributed by atoms with E-state index in [1.54, 1.807) is 0 Å². The fourth-order valence-electron chi connectivity index (χ4n) is 3.83. The summed E-state index contributed by atoms with van der Waals surface area (Å²) in [4.78, 5) is 0. The molecule has 19 heavy (non-hydrogen) atoms. The SMILES string of the molecule is C1CCCc2[se]c3c(c2CCC1)CCCCCCC3. The van der Waals surface area contributed by atoms with Crippen molar-refractivity contribution in [2.75, 3.05) is 0 Å². The van der Waals surface area contributed by atoms with Crippen molar-refractivity contribution < 1.29 is 0 Å². The molecule has 0 unspecified atom stereocenters. The maximum atomic E-state index is 1.93. The Morgan fingerprint density at radius 3 is 1.26 bits per heavy atom. The van der Waals surface area contributed by atoms with Gasteiger partial charge >= 0.3 is 124 Å². The van der Waals surface area contributed by atoms with Crippen molar-refractivity contribution >= 4 is 14.5 Å². The zero-order chi connectivity index (χ0) is 12.9. The molecule has 1 heteroatoms. The van der Waals surface area contributed by atoms with Crippen molar-refractivity contribution in [2.24, 2.45) is 0 Å². The van der Waals surface area contributed by atoms with Crippen LogP contribution in [0.5, 0.6) is 0 Å². The molecule has 0 N–H and O–H groups in total. The third kappa shape index (κ3) is 3.56. The fourth-order valence-corrected chi connectivity index (χ4v) is 6.95. The average molecular weight is 323 g/mol. The van der Waals surface area contributed by atoms with E-state index in [4.69, 9.17) is 0 Å². The molecule has 1 aromatic rings. The number of rotatable bonds is 0. The summed E-state index contributed by atoms with van der Waals surface area (Å²) in [7, 11) is 0. The molecule has 106 valence electrons. The molecular weight excluding hydrogens is 295 g/mol. The van der Waals surface area contributed by atoms with Crippen LogP contribution in [0.25, 0.3) is 0 Å². The van der Waals surface area contributed by atoms with Crippen LogP contribution in [0.15, 0.2) is 0 Å². The minimum atomic E-state index is 0.763. The van der Waals surface area contributed by atoms with E-state index in [-0.39, 0.29) is 0 Å². The van der Waals surface area contributed by atoms with Gasteiger partial charge in [0.15, 0.2) is 0 Å². The van der Waals surface area contributed by atoms with Gasteiger partial charge in [-0.15, -0.1) is 0 Å². The van der Waals surface area contributed by atoms with E-state index in [1.165, 1.54) is 89.9 Å². The van der Waals surface area contributed by atoms with Gasteiger partial charge in [0.1, 0.15) is 0 Å². The van der Waals surface area contributed by atoms with Crippen molar-refractivity contribution in [3.05, 3.63) is 20.0 Å². The second-order valence-corrected chi connectivity index (χ2v) is 8.94. The molecule has 3 rings (SSSR count). The summed E-state index contributed by atoms with van der Waals surface area (Å²) in [6.07, 6.45) is 20.5. The van der Waals surface area contributed by atoms with E-state index in [0.29, 0.717) is 0 Å². The van der Waals surface area contributed by atoms with Gasteiger partial charge in [-0.1, -0.05) is 0 Å². The van der Waals surface area contributed by atoms with Crippen LogP contribution in [0.1, 0.15) is 84.2 Å². The second kappa shape index (κ2) is 7.14. The van der Waals surface area contributed by atoms with Gasteiger partial charge < -0.3 is 0 Å². The van der Waals surface area contributed by atoms with Gasteiger partial charge in [0.25, 0.3) is 0 Å². The summed E-state index contributed by atoms with van der Waals surface area (Å²) in [5.74, 6) is 0. The minimum absolute atomic E-state index is 0.763. The first-order valence-electron chi connectivity index (χ1n) is 8.57. The number of aryl methyl sites for hydroxylation is 2. The monoisotopic (exact) mass is 324 g/mol. The van der Waals surface area contributed by atoms with Crippen LogP contribution in [0.3, 0.4) is 0 Å². The van der Waals surface area contributed by atoms with E-state index in [2.05, 4.69) is 0 Å². The summed E-state index contributed by atoms with van der Waals surface area (Å²) in [5.41, 5.74) is 3.78. The molecule has 0 aromatic carbocycles. The maximum absolute atomic E-state index is 1.93. The van der Waals surface area contributed by atoms with E-state index in [1.807, 2.05) is 20.0 Å². The molecular formula is C18H28Se. The Morgan fingerprint density at radius 2 is 0.789 bits per heavy atom. The molecule has 2 aliphatic carbocycles. The summed E-state index contributed by atoms with van der Waals surface area (Å²) >= 11 is 0.763. The summed E-state index contributed by atoms with van der Waals surface area (Å²) < 4.78 is 3.86. The third-order valence-corrected chi connectivity index (χ3v) is 7.87.